The standard InChI is InChI=1S/C6H9NO4/c1-7-3(6(10)11)2-4(8)5(7)9/h3-4,8H,2H2,1H3,(H,10,11)/t3-,4-/m0/s1/i1D3. The maximum atomic E-state index is 11.1. The predicted octanol–water partition coefficient (Wildman–Crippen LogP) is -1.34. The van der Waals surface area contributed by atoms with E-state index in [1.165, 1.54) is 0 Å². The Morgan fingerprint density at radius 2 is 2.55 bits per heavy atom. The van der Waals surface area contributed by atoms with Gasteiger partial charge in [-0.25, -0.2) is 4.79 Å². The van der Waals surface area contributed by atoms with Crippen molar-refractivity contribution in [3.8, 4) is 0 Å². The van der Waals surface area contributed by atoms with Gasteiger partial charge in [-0.3, -0.25) is 4.79 Å². The molecule has 1 heterocycles. The molecule has 0 bridgehead atoms. The molecular weight excluding hydrogens is 150 g/mol. The molecule has 1 saturated heterocycles. The van der Waals surface area contributed by atoms with Crippen molar-refractivity contribution in [3.05, 3.63) is 0 Å². The zero-order chi connectivity index (χ0) is 11.1. The normalized spacial score (nSPS) is 36.3. The van der Waals surface area contributed by atoms with Crippen LogP contribution in [-0.2, 0) is 9.59 Å². The molecule has 1 amide bonds. The van der Waals surface area contributed by atoms with E-state index in [0.717, 1.165) is 0 Å². The predicted molar refractivity (Wildman–Crippen MR) is 34.8 cm³/mol. The van der Waals surface area contributed by atoms with E-state index in [-0.39, 0.29) is 11.3 Å². The van der Waals surface area contributed by atoms with Crippen molar-refractivity contribution in [2.24, 2.45) is 0 Å². The van der Waals surface area contributed by atoms with Crippen molar-refractivity contribution in [1.82, 2.24) is 4.90 Å². The third-order valence-electron chi connectivity index (χ3n) is 1.57. The molecule has 62 valence electrons. The van der Waals surface area contributed by atoms with E-state index in [9.17, 15) is 9.59 Å². The van der Waals surface area contributed by atoms with E-state index < -0.39 is 31.0 Å². The minimum atomic E-state index is -2.82. The van der Waals surface area contributed by atoms with Crippen LogP contribution in [0.4, 0.5) is 0 Å². The smallest absolute Gasteiger partial charge is 0.326 e. The number of carboxylic acid groups (broad SMARTS) is 1. The average Bonchev–Trinajstić information content (AvgIpc) is 2.27. The first-order chi connectivity index (χ1) is 6.25. The van der Waals surface area contributed by atoms with Gasteiger partial charge in [-0.05, 0) is 0 Å². The number of carbonyl (C=O) groups excluding carboxylic acids is 1. The summed E-state index contributed by atoms with van der Waals surface area (Å²) < 4.78 is 20.8. The maximum absolute atomic E-state index is 11.1. The number of aliphatic hydroxyl groups is 1. The summed E-state index contributed by atoms with van der Waals surface area (Å²) in [5, 5.41) is 17.7. The van der Waals surface area contributed by atoms with Crippen LogP contribution in [-0.4, -0.2) is 46.1 Å². The van der Waals surface area contributed by atoms with Crippen LogP contribution in [0.15, 0.2) is 0 Å². The van der Waals surface area contributed by atoms with E-state index in [2.05, 4.69) is 0 Å². The number of hydrogen-bond acceptors (Lipinski definition) is 3. The highest BCUT2D eigenvalue weighted by atomic mass is 16.4. The Kier molecular flexibility index (Phi) is 1.07. The van der Waals surface area contributed by atoms with E-state index in [1.807, 2.05) is 0 Å². The summed E-state index contributed by atoms with van der Waals surface area (Å²) >= 11 is 0. The number of amides is 1. The fourth-order valence-electron chi connectivity index (χ4n) is 0.943. The van der Waals surface area contributed by atoms with Gasteiger partial charge in [0.25, 0.3) is 5.91 Å². The summed E-state index contributed by atoms with van der Waals surface area (Å²) in [4.78, 5) is 22.0. The van der Waals surface area contributed by atoms with Gasteiger partial charge in [0.1, 0.15) is 12.1 Å². The number of likely N-dealkylation sites (N-methyl/N-ethyl adjacent to an activating group) is 1. The zero-order valence-electron chi connectivity index (χ0n) is 8.52. The lowest BCUT2D eigenvalue weighted by molar-refractivity contribution is -0.145. The van der Waals surface area contributed by atoms with Crippen molar-refractivity contribution in [2.75, 3.05) is 6.98 Å². The molecule has 0 aromatic carbocycles. The van der Waals surface area contributed by atoms with Gasteiger partial charge in [0.2, 0.25) is 0 Å². The van der Waals surface area contributed by atoms with Gasteiger partial charge < -0.3 is 15.1 Å². The van der Waals surface area contributed by atoms with Gasteiger partial charge in [-0.1, -0.05) is 0 Å². The van der Waals surface area contributed by atoms with Crippen molar-refractivity contribution >= 4 is 11.9 Å². The Balaban J connectivity index is 2.99. The highest BCUT2D eigenvalue weighted by Gasteiger charge is 2.39. The molecule has 0 aliphatic carbocycles. The second kappa shape index (κ2) is 2.50. The summed E-state index contributed by atoms with van der Waals surface area (Å²) in [5.41, 5.74) is 0. The largest absolute Gasteiger partial charge is 0.480 e. The van der Waals surface area contributed by atoms with Crippen LogP contribution in [0.3, 0.4) is 0 Å². The van der Waals surface area contributed by atoms with Crippen molar-refractivity contribution in [3.63, 3.8) is 0 Å². The minimum absolute atomic E-state index is 0.236. The topological polar surface area (TPSA) is 77.8 Å². The summed E-state index contributed by atoms with van der Waals surface area (Å²) in [6.45, 7) is -2.82. The Morgan fingerprint density at radius 3 is 2.91 bits per heavy atom. The first-order valence-corrected chi connectivity index (χ1v) is 2.99. The number of likely N-dealkylation sites (tertiary alicyclic amines) is 1. The van der Waals surface area contributed by atoms with Crippen LogP contribution in [0.5, 0.6) is 0 Å². The van der Waals surface area contributed by atoms with Crippen LogP contribution in [0.1, 0.15) is 10.5 Å². The molecule has 11 heavy (non-hydrogen) atoms. The zero-order valence-corrected chi connectivity index (χ0v) is 5.52. The Bertz CT molecular complexity index is 277. The van der Waals surface area contributed by atoms with Gasteiger partial charge in [-0.15, -0.1) is 0 Å². The van der Waals surface area contributed by atoms with Gasteiger partial charge >= 0.3 is 5.97 Å². The lowest BCUT2D eigenvalue weighted by Gasteiger charge is -2.13. The third kappa shape index (κ3) is 1.19. The molecule has 5 heteroatoms. The maximum Gasteiger partial charge on any atom is 0.326 e. The number of rotatable bonds is 1. The molecular formula is C6H9NO4. The summed E-state index contributed by atoms with van der Waals surface area (Å²) in [7, 11) is 0. The summed E-state index contributed by atoms with van der Waals surface area (Å²) in [5.74, 6) is -2.48. The molecule has 0 aromatic rings. The van der Waals surface area contributed by atoms with Crippen LogP contribution in [0.25, 0.3) is 0 Å². The molecule has 0 unspecified atom stereocenters. The summed E-state index contributed by atoms with van der Waals surface area (Å²) in [6.07, 6.45) is -1.91. The van der Waals surface area contributed by atoms with E-state index >= 15 is 0 Å². The van der Waals surface area contributed by atoms with E-state index in [4.69, 9.17) is 14.3 Å². The molecule has 1 fully saturated rings. The second-order valence-electron chi connectivity index (χ2n) is 2.31. The first kappa shape index (κ1) is 4.71. The number of aliphatic carboxylic acids is 1. The third-order valence-corrected chi connectivity index (χ3v) is 1.57. The SMILES string of the molecule is [2H]C([2H])([2H])N1C(=O)[C@@H](O)C[C@H]1C(=O)O. The lowest BCUT2D eigenvalue weighted by Crippen LogP contribution is -2.35. The Labute approximate surface area is 67.4 Å². The van der Waals surface area contributed by atoms with Gasteiger partial charge in [0, 0.05) is 17.5 Å². The number of hydrogen-bond donors (Lipinski definition) is 2. The number of nitrogens with zero attached hydrogens (tertiary/aromatic N) is 1. The minimum Gasteiger partial charge on any atom is -0.480 e. The average molecular weight is 162 g/mol. The second-order valence-corrected chi connectivity index (χ2v) is 2.31. The molecule has 0 aromatic heterocycles. The molecule has 0 radical (unpaired) electrons. The lowest BCUT2D eigenvalue weighted by atomic mass is 10.2. The Morgan fingerprint density at radius 1 is 1.91 bits per heavy atom. The number of carboxylic acids is 1. The van der Waals surface area contributed by atoms with Gasteiger partial charge in [-0.2, -0.15) is 0 Å². The molecule has 0 spiro atoms. The number of aliphatic hydroxyl groups excluding tert-OH is 1. The molecule has 1 aliphatic rings. The molecule has 5 nitrogen and oxygen atoms in total. The van der Waals surface area contributed by atoms with Crippen LogP contribution in [0.2, 0.25) is 0 Å². The Hall–Kier alpha value is -1.10. The summed E-state index contributed by atoms with van der Waals surface area (Å²) in [6, 6.07) is -1.47. The highest BCUT2D eigenvalue weighted by Crippen LogP contribution is 2.16. The molecule has 1 aliphatic heterocycles. The van der Waals surface area contributed by atoms with Crippen LogP contribution >= 0.6 is 0 Å². The van der Waals surface area contributed by atoms with Gasteiger partial charge in [0.15, 0.2) is 0 Å². The fourth-order valence-corrected chi connectivity index (χ4v) is 0.943. The molecule has 2 atom stereocenters. The van der Waals surface area contributed by atoms with Gasteiger partial charge in [0.05, 0.1) is 0 Å². The molecule has 1 rings (SSSR count). The fraction of sp³-hybridized carbons (Fsp3) is 0.667. The van der Waals surface area contributed by atoms with Crippen molar-refractivity contribution in [1.29, 1.82) is 0 Å². The van der Waals surface area contributed by atoms with Crippen molar-refractivity contribution < 1.29 is 23.9 Å². The highest BCUT2D eigenvalue weighted by molar-refractivity contribution is 5.90. The van der Waals surface area contributed by atoms with Crippen molar-refractivity contribution in [2.45, 2.75) is 18.6 Å². The van der Waals surface area contributed by atoms with Crippen LogP contribution in [0, 0.1) is 0 Å². The molecule has 0 saturated carbocycles. The molecule has 2 N–H and O–H groups in total. The van der Waals surface area contributed by atoms with E-state index in [1.54, 1.807) is 0 Å². The first-order valence-electron chi connectivity index (χ1n) is 4.49. The monoisotopic (exact) mass is 162 g/mol. The number of carbonyl (C=O) groups is 2. The quantitative estimate of drug-likeness (QED) is 0.500. The van der Waals surface area contributed by atoms with Crippen LogP contribution < -0.4 is 0 Å². The van der Waals surface area contributed by atoms with E-state index in [0.29, 0.717) is 0 Å².